The molecule has 0 amide bonds. The highest BCUT2D eigenvalue weighted by Crippen LogP contribution is 2.74. The zero-order valence-corrected chi connectivity index (χ0v) is 18.8. The van der Waals surface area contributed by atoms with Crippen LogP contribution in [-0.2, 0) is 16.6 Å². The molecule has 0 saturated heterocycles. The molecule has 2 bridgehead atoms. The zero-order valence-electron chi connectivity index (χ0n) is 18.8. The van der Waals surface area contributed by atoms with Gasteiger partial charge < -0.3 is 25.0 Å². The lowest BCUT2D eigenvalue weighted by Gasteiger charge is -2.69. The summed E-state index contributed by atoms with van der Waals surface area (Å²) in [6.45, 7) is 6.00. The fraction of sp³-hybridized carbons (Fsp3) is 0.680. The molecule has 3 N–H and O–H groups in total. The normalized spacial score (nSPS) is 40.4. The molecule has 4 unspecified atom stereocenters. The van der Waals surface area contributed by atoms with E-state index in [4.69, 9.17) is 9.47 Å². The SMILES string of the molecule is CCCC[C@]12c3c4ccc(O)c3OC1C1(OC)C=CC2(C[C@@H]1C(C)(C)O)C(NC)C4. The highest BCUT2D eigenvalue weighted by atomic mass is 16.6. The number of hydrogen-bond acceptors (Lipinski definition) is 5. The Balaban J connectivity index is 1.86. The van der Waals surface area contributed by atoms with Gasteiger partial charge in [0, 0.05) is 30.0 Å². The lowest BCUT2D eigenvalue weighted by molar-refractivity contribution is -0.228. The number of benzene rings is 1. The van der Waals surface area contributed by atoms with Gasteiger partial charge in [-0.25, -0.2) is 0 Å². The number of unbranched alkanes of at least 4 members (excludes halogenated alkanes) is 1. The Bertz CT molecular complexity index is 905. The van der Waals surface area contributed by atoms with Crippen molar-refractivity contribution < 1.29 is 19.7 Å². The summed E-state index contributed by atoms with van der Waals surface area (Å²) in [5, 5.41) is 25.7. The smallest absolute Gasteiger partial charge is 0.165 e. The van der Waals surface area contributed by atoms with Gasteiger partial charge in [-0.1, -0.05) is 38.0 Å². The van der Waals surface area contributed by atoms with Crippen LogP contribution in [0.15, 0.2) is 24.3 Å². The molecule has 6 rings (SSSR count). The van der Waals surface area contributed by atoms with Gasteiger partial charge in [0.1, 0.15) is 11.7 Å². The van der Waals surface area contributed by atoms with Gasteiger partial charge in [0.25, 0.3) is 0 Å². The van der Waals surface area contributed by atoms with Gasteiger partial charge in [0.05, 0.1) is 11.0 Å². The summed E-state index contributed by atoms with van der Waals surface area (Å²) in [5.41, 5.74) is 0.282. The number of rotatable bonds is 6. The third kappa shape index (κ3) is 2.09. The molecule has 4 aliphatic carbocycles. The quantitative estimate of drug-likeness (QED) is 0.623. The summed E-state index contributed by atoms with van der Waals surface area (Å²) in [6.07, 6.45) is 9.11. The molecule has 5 aliphatic rings. The van der Waals surface area contributed by atoms with Gasteiger partial charge in [-0.05, 0) is 51.8 Å². The van der Waals surface area contributed by atoms with Crippen molar-refractivity contribution in [1.29, 1.82) is 0 Å². The van der Waals surface area contributed by atoms with Crippen LogP contribution in [0, 0.1) is 11.3 Å². The van der Waals surface area contributed by atoms with Crippen molar-refractivity contribution in [3.63, 3.8) is 0 Å². The van der Waals surface area contributed by atoms with Crippen molar-refractivity contribution in [1.82, 2.24) is 5.32 Å². The van der Waals surface area contributed by atoms with Crippen molar-refractivity contribution in [3.05, 3.63) is 35.4 Å². The van der Waals surface area contributed by atoms with Gasteiger partial charge in [0.2, 0.25) is 0 Å². The van der Waals surface area contributed by atoms with E-state index in [1.165, 1.54) is 11.1 Å². The lowest BCUT2D eigenvalue weighted by Crippen LogP contribution is -2.78. The molecule has 1 aromatic carbocycles. The molecule has 30 heavy (non-hydrogen) atoms. The van der Waals surface area contributed by atoms with Gasteiger partial charge in [-0.15, -0.1) is 0 Å². The first-order valence-electron chi connectivity index (χ1n) is 11.4. The molecule has 1 spiro atoms. The van der Waals surface area contributed by atoms with E-state index < -0.39 is 11.2 Å². The second kappa shape index (κ2) is 6.24. The Hall–Kier alpha value is -1.56. The molecule has 1 fully saturated rings. The molecule has 5 nitrogen and oxygen atoms in total. The molecule has 0 radical (unpaired) electrons. The van der Waals surface area contributed by atoms with Crippen LogP contribution in [0.3, 0.4) is 0 Å². The number of aromatic hydroxyl groups is 1. The Morgan fingerprint density at radius 3 is 2.70 bits per heavy atom. The van der Waals surface area contributed by atoms with Crippen molar-refractivity contribution >= 4 is 0 Å². The second-order valence-electron chi connectivity index (χ2n) is 10.4. The van der Waals surface area contributed by atoms with E-state index in [1.54, 1.807) is 13.2 Å². The van der Waals surface area contributed by atoms with E-state index in [1.807, 2.05) is 20.9 Å². The number of methoxy groups -OCH3 is 1. The topological polar surface area (TPSA) is 71.0 Å². The number of hydrogen-bond donors (Lipinski definition) is 3. The summed E-state index contributed by atoms with van der Waals surface area (Å²) < 4.78 is 13.0. The molecule has 5 heteroatoms. The van der Waals surface area contributed by atoms with Gasteiger partial charge in [-0.3, -0.25) is 0 Å². The van der Waals surface area contributed by atoms with Crippen LogP contribution in [0.2, 0.25) is 0 Å². The molecule has 1 aromatic rings. The van der Waals surface area contributed by atoms with Crippen LogP contribution in [0.1, 0.15) is 57.6 Å². The van der Waals surface area contributed by atoms with E-state index in [0.29, 0.717) is 5.75 Å². The molecule has 1 aliphatic heterocycles. The Morgan fingerprint density at radius 2 is 2.07 bits per heavy atom. The maximum absolute atomic E-state index is 11.3. The van der Waals surface area contributed by atoms with Crippen molar-refractivity contribution in [2.75, 3.05) is 14.2 Å². The van der Waals surface area contributed by atoms with Crippen molar-refractivity contribution in [3.8, 4) is 11.5 Å². The Morgan fingerprint density at radius 1 is 1.30 bits per heavy atom. The maximum atomic E-state index is 11.3. The monoisotopic (exact) mass is 413 g/mol. The van der Waals surface area contributed by atoms with Crippen LogP contribution in [0.4, 0.5) is 0 Å². The van der Waals surface area contributed by atoms with Gasteiger partial charge in [0.15, 0.2) is 11.5 Å². The van der Waals surface area contributed by atoms with Crippen molar-refractivity contribution in [2.45, 2.75) is 81.6 Å². The minimum absolute atomic E-state index is 0.117. The van der Waals surface area contributed by atoms with E-state index >= 15 is 0 Å². The number of fused-ring (bicyclic) bond motifs is 1. The molecule has 164 valence electrons. The first kappa shape index (κ1) is 20.3. The van der Waals surface area contributed by atoms with Gasteiger partial charge in [-0.2, -0.15) is 0 Å². The largest absolute Gasteiger partial charge is 0.504 e. The summed E-state index contributed by atoms with van der Waals surface area (Å²) in [7, 11) is 3.78. The first-order valence-corrected chi connectivity index (χ1v) is 11.4. The predicted molar refractivity (Wildman–Crippen MR) is 116 cm³/mol. The minimum atomic E-state index is -0.927. The van der Waals surface area contributed by atoms with Crippen LogP contribution >= 0.6 is 0 Å². The van der Waals surface area contributed by atoms with Crippen molar-refractivity contribution in [2.24, 2.45) is 11.3 Å². The molecule has 6 atom stereocenters. The Labute approximate surface area is 179 Å². The number of phenols is 1. The number of aliphatic hydroxyl groups is 1. The number of nitrogens with one attached hydrogen (secondary N) is 1. The van der Waals surface area contributed by atoms with Crippen LogP contribution in [0.5, 0.6) is 11.5 Å². The average molecular weight is 414 g/mol. The third-order valence-electron chi connectivity index (χ3n) is 8.85. The molecule has 1 saturated carbocycles. The fourth-order valence-electron chi connectivity index (χ4n) is 7.65. The predicted octanol–water partition coefficient (Wildman–Crippen LogP) is 3.46. The molecule has 0 aromatic heterocycles. The molecule has 1 heterocycles. The minimum Gasteiger partial charge on any atom is -0.504 e. The summed E-state index contributed by atoms with van der Waals surface area (Å²) in [6, 6.07) is 4.06. The molecular formula is C25H35NO4. The standard InChI is InChI=1S/C25H35NO4/c1-6-7-10-24-19-15-8-9-16(27)20(19)30-21(24)25(29-5)12-11-23(24,18(13-15)26-4)14-17(25)22(2,3)28/h8-9,11-12,17-18,21,26-28H,6-7,10,13-14H2,1-5H3/t17-,18?,21?,23?,24+,25?/m1/s1. The summed E-state index contributed by atoms with van der Waals surface area (Å²) in [4.78, 5) is 0. The van der Waals surface area contributed by atoms with Crippen LogP contribution in [0.25, 0.3) is 0 Å². The summed E-state index contributed by atoms with van der Waals surface area (Å²) >= 11 is 0. The number of phenolic OH excluding ortho intramolecular Hbond substituents is 1. The number of likely N-dealkylation sites (N-methyl/N-ethyl adjacent to an activating group) is 1. The highest BCUT2D eigenvalue weighted by molar-refractivity contribution is 5.64. The van der Waals surface area contributed by atoms with E-state index in [-0.39, 0.29) is 34.6 Å². The average Bonchev–Trinajstić information content (AvgIpc) is 3.10. The lowest BCUT2D eigenvalue weighted by atomic mass is 9.37. The number of ether oxygens (including phenoxy) is 2. The Kier molecular flexibility index (Phi) is 4.23. The fourth-order valence-corrected chi connectivity index (χ4v) is 7.65. The van der Waals surface area contributed by atoms with E-state index in [2.05, 4.69) is 30.5 Å². The molecular weight excluding hydrogens is 378 g/mol. The highest BCUT2D eigenvalue weighted by Gasteiger charge is 2.78. The first-order chi connectivity index (χ1) is 14.2. The third-order valence-corrected chi connectivity index (χ3v) is 8.85. The van der Waals surface area contributed by atoms with Gasteiger partial charge >= 0.3 is 0 Å². The zero-order chi connectivity index (χ0) is 21.5. The van der Waals surface area contributed by atoms with Crippen LogP contribution in [-0.4, -0.2) is 47.7 Å². The summed E-state index contributed by atoms with van der Waals surface area (Å²) in [5.74, 6) is 0.727. The van der Waals surface area contributed by atoms with E-state index in [0.717, 1.165) is 32.1 Å². The maximum Gasteiger partial charge on any atom is 0.165 e. The van der Waals surface area contributed by atoms with E-state index in [9.17, 15) is 10.2 Å². The van der Waals surface area contributed by atoms with Crippen LogP contribution < -0.4 is 10.1 Å². The second-order valence-corrected chi connectivity index (χ2v) is 10.4.